The highest BCUT2D eigenvalue weighted by Crippen LogP contribution is 2.45. The van der Waals surface area contributed by atoms with E-state index in [4.69, 9.17) is 4.74 Å². The summed E-state index contributed by atoms with van der Waals surface area (Å²) < 4.78 is 5.55. The van der Waals surface area contributed by atoms with Crippen LogP contribution in [0.4, 0.5) is 0 Å². The minimum atomic E-state index is -0.0936. The van der Waals surface area contributed by atoms with Crippen LogP contribution in [0.1, 0.15) is 36.0 Å². The maximum Gasteiger partial charge on any atom is 0.254 e. The van der Waals surface area contributed by atoms with Crippen molar-refractivity contribution in [1.29, 1.82) is 0 Å². The summed E-state index contributed by atoms with van der Waals surface area (Å²) in [5.41, 5.74) is 0.653. The van der Waals surface area contributed by atoms with Crippen LogP contribution >= 0.6 is 11.3 Å². The van der Waals surface area contributed by atoms with E-state index in [9.17, 15) is 9.59 Å². The lowest BCUT2D eigenvalue weighted by Crippen LogP contribution is -2.45. The second-order valence-electron chi connectivity index (χ2n) is 7.26. The standard InChI is InChI=1S/C18H24N2O3S/c21-16(14-3-10-24-12-14)20-11-15(17(22)19-6-1-2-7-19)18(13-20)4-8-23-9-5-18/h3,10,12,15H,1-2,4-9,11,13H2. The van der Waals surface area contributed by atoms with Crippen molar-refractivity contribution in [3.63, 3.8) is 0 Å². The Kier molecular flexibility index (Phi) is 4.35. The average Bonchev–Trinajstić information content (AvgIpc) is 3.35. The van der Waals surface area contributed by atoms with Crippen molar-refractivity contribution in [3.8, 4) is 0 Å². The van der Waals surface area contributed by atoms with Gasteiger partial charge in [-0.1, -0.05) is 0 Å². The van der Waals surface area contributed by atoms with Crippen LogP contribution in [0, 0.1) is 11.3 Å². The highest BCUT2D eigenvalue weighted by atomic mass is 32.1. The van der Waals surface area contributed by atoms with Gasteiger partial charge in [0.1, 0.15) is 0 Å². The molecule has 0 N–H and O–H groups in total. The molecule has 2 amide bonds. The first kappa shape index (κ1) is 16.1. The molecule has 6 heteroatoms. The van der Waals surface area contributed by atoms with Crippen LogP contribution in [0.25, 0.3) is 0 Å². The normalized spacial score (nSPS) is 26.2. The fourth-order valence-electron chi connectivity index (χ4n) is 4.47. The van der Waals surface area contributed by atoms with E-state index in [1.54, 1.807) is 0 Å². The van der Waals surface area contributed by atoms with E-state index in [-0.39, 0.29) is 23.1 Å². The number of carbonyl (C=O) groups excluding carboxylic acids is 2. The number of carbonyl (C=O) groups is 2. The molecule has 1 unspecified atom stereocenters. The molecule has 1 spiro atoms. The van der Waals surface area contributed by atoms with Gasteiger partial charge in [0.25, 0.3) is 5.91 Å². The maximum absolute atomic E-state index is 13.1. The Balaban J connectivity index is 1.58. The number of likely N-dealkylation sites (tertiary alicyclic amines) is 2. The van der Waals surface area contributed by atoms with E-state index >= 15 is 0 Å². The van der Waals surface area contributed by atoms with E-state index in [1.165, 1.54) is 11.3 Å². The van der Waals surface area contributed by atoms with Crippen LogP contribution in [-0.4, -0.2) is 61.0 Å². The highest BCUT2D eigenvalue weighted by molar-refractivity contribution is 7.08. The van der Waals surface area contributed by atoms with Gasteiger partial charge in [0.05, 0.1) is 11.5 Å². The summed E-state index contributed by atoms with van der Waals surface area (Å²) in [6, 6.07) is 1.87. The molecule has 4 heterocycles. The van der Waals surface area contributed by atoms with Gasteiger partial charge in [-0.3, -0.25) is 9.59 Å². The van der Waals surface area contributed by atoms with Gasteiger partial charge in [-0.25, -0.2) is 0 Å². The Hall–Kier alpha value is -1.40. The van der Waals surface area contributed by atoms with Crippen molar-refractivity contribution >= 4 is 23.2 Å². The lowest BCUT2D eigenvalue weighted by molar-refractivity contribution is -0.139. The molecule has 1 aromatic heterocycles. The summed E-state index contributed by atoms with van der Waals surface area (Å²) >= 11 is 1.54. The number of rotatable bonds is 2. The van der Waals surface area contributed by atoms with Crippen LogP contribution in [0.5, 0.6) is 0 Å². The van der Waals surface area contributed by atoms with E-state index < -0.39 is 0 Å². The van der Waals surface area contributed by atoms with E-state index in [2.05, 4.69) is 0 Å². The number of thiophene rings is 1. The molecule has 0 aliphatic carbocycles. The summed E-state index contributed by atoms with van der Waals surface area (Å²) in [5, 5.41) is 3.83. The summed E-state index contributed by atoms with van der Waals surface area (Å²) in [6.45, 7) is 4.40. The Morgan fingerprint density at radius 1 is 1.17 bits per heavy atom. The zero-order valence-electron chi connectivity index (χ0n) is 13.9. The lowest BCUT2D eigenvalue weighted by Gasteiger charge is -2.38. The van der Waals surface area contributed by atoms with Crippen LogP contribution in [-0.2, 0) is 9.53 Å². The zero-order valence-corrected chi connectivity index (χ0v) is 14.7. The van der Waals surface area contributed by atoms with Gasteiger partial charge in [-0.2, -0.15) is 11.3 Å². The Morgan fingerprint density at radius 3 is 2.58 bits per heavy atom. The maximum atomic E-state index is 13.1. The van der Waals surface area contributed by atoms with Gasteiger partial charge < -0.3 is 14.5 Å². The van der Waals surface area contributed by atoms with Crippen molar-refractivity contribution in [1.82, 2.24) is 9.80 Å². The van der Waals surface area contributed by atoms with E-state index in [0.717, 1.165) is 44.3 Å². The van der Waals surface area contributed by atoms with Gasteiger partial charge in [0, 0.05) is 50.2 Å². The smallest absolute Gasteiger partial charge is 0.254 e. The summed E-state index contributed by atoms with van der Waals surface area (Å²) in [6.07, 6.45) is 3.97. The summed E-state index contributed by atoms with van der Waals surface area (Å²) in [5.74, 6) is 0.260. The lowest BCUT2D eigenvalue weighted by atomic mass is 9.71. The topological polar surface area (TPSA) is 49.9 Å². The second kappa shape index (κ2) is 6.48. The predicted molar refractivity (Wildman–Crippen MR) is 92.0 cm³/mol. The minimum absolute atomic E-state index is 0.0675. The van der Waals surface area contributed by atoms with Gasteiger partial charge >= 0.3 is 0 Å². The first-order valence-corrected chi connectivity index (χ1v) is 9.82. The molecule has 4 rings (SSSR count). The molecule has 0 bridgehead atoms. The monoisotopic (exact) mass is 348 g/mol. The second-order valence-corrected chi connectivity index (χ2v) is 8.04. The van der Waals surface area contributed by atoms with Gasteiger partial charge in [0.15, 0.2) is 0 Å². The van der Waals surface area contributed by atoms with Crippen molar-refractivity contribution in [2.45, 2.75) is 25.7 Å². The zero-order chi connectivity index (χ0) is 16.6. The SMILES string of the molecule is O=C(c1ccsc1)N1CC(C(=O)N2CCCC2)C2(CCOCC2)C1. The number of hydrogen-bond donors (Lipinski definition) is 0. The fourth-order valence-corrected chi connectivity index (χ4v) is 5.10. The first-order chi connectivity index (χ1) is 11.7. The molecule has 1 atom stereocenters. The molecule has 3 saturated heterocycles. The Bertz CT molecular complexity index is 604. The van der Waals surface area contributed by atoms with Gasteiger partial charge in [0.2, 0.25) is 5.91 Å². The molecule has 24 heavy (non-hydrogen) atoms. The van der Waals surface area contributed by atoms with Crippen LogP contribution < -0.4 is 0 Å². The van der Waals surface area contributed by atoms with Crippen LogP contribution in [0.2, 0.25) is 0 Å². The third kappa shape index (κ3) is 2.75. The molecule has 3 aliphatic rings. The Labute approximate surface area is 146 Å². The van der Waals surface area contributed by atoms with Crippen molar-refractivity contribution in [3.05, 3.63) is 22.4 Å². The highest BCUT2D eigenvalue weighted by Gasteiger charge is 2.52. The van der Waals surface area contributed by atoms with Crippen LogP contribution in [0.15, 0.2) is 16.8 Å². The van der Waals surface area contributed by atoms with Crippen molar-refractivity contribution < 1.29 is 14.3 Å². The van der Waals surface area contributed by atoms with Crippen molar-refractivity contribution in [2.75, 3.05) is 39.4 Å². The molecule has 0 radical (unpaired) electrons. The fraction of sp³-hybridized carbons (Fsp3) is 0.667. The van der Waals surface area contributed by atoms with E-state index in [1.807, 2.05) is 26.6 Å². The quantitative estimate of drug-likeness (QED) is 0.824. The summed E-state index contributed by atoms with van der Waals surface area (Å²) in [7, 11) is 0. The number of hydrogen-bond acceptors (Lipinski definition) is 4. The molecular formula is C18H24N2O3S. The average molecular weight is 348 g/mol. The third-order valence-electron chi connectivity index (χ3n) is 5.91. The minimum Gasteiger partial charge on any atom is -0.381 e. The number of nitrogens with zero attached hydrogens (tertiary/aromatic N) is 2. The first-order valence-electron chi connectivity index (χ1n) is 8.88. The van der Waals surface area contributed by atoms with Crippen molar-refractivity contribution in [2.24, 2.45) is 11.3 Å². The Morgan fingerprint density at radius 2 is 1.92 bits per heavy atom. The molecule has 0 aromatic carbocycles. The molecule has 0 saturated carbocycles. The third-order valence-corrected chi connectivity index (χ3v) is 6.59. The van der Waals surface area contributed by atoms with Gasteiger partial charge in [-0.15, -0.1) is 0 Å². The molecular weight excluding hydrogens is 324 g/mol. The van der Waals surface area contributed by atoms with Crippen LogP contribution in [0.3, 0.4) is 0 Å². The molecule has 1 aromatic rings. The molecule has 130 valence electrons. The molecule has 3 fully saturated rings. The number of ether oxygens (including phenoxy) is 1. The summed E-state index contributed by atoms with van der Waals surface area (Å²) in [4.78, 5) is 29.8. The molecule has 5 nitrogen and oxygen atoms in total. The largest absolute Gasteiger partial charge is 0.381 e. The number of amides is 2. The predicted octanol–water partition coefficient (Wildman–Crippen LogP) is 2.24. The van der Waals surface area contributed by atoms with E-state index in [0.29, 0.717) is 26.3 Å². The van der Waals surface area contributed by atoms with Gasteiger partial charge in [-0.05, 0) is 37.1 Å². The molecule has 3 aliphatic heterocycles.